The van der Waals surface area contributed by atoms with Crippen LogP contribution in [-0.4, -0.2) is 66.9 Å². The van der Waals surface area contributed by atoms with Gasteiger partial charge in [0.1, 0.15) is 0 Å². The maximum absolute atomic E-state index is 14.4. The van der Waals surface area contributed by atoms with Crippen molar-refractivity contribution in [2.75, 3.05) is 13.1 Å². The topological polar surface area (TPSA) is 210 Å². The summed E-state index contributed by atoms with van der Waals surface area (Å²) in [5.74, 6) is -2.14. The van der Waals surface area contributed by atoms with Crippen LogP contribution < -0.4 is 32.4 Å². The number of nitrogens with two attached hydrogens (primary N) is 1. The third-order valence-electron chi connectivity index (χ3n) is 10.3. The molecule has 0 radical (unpaired) electrons. The summed E-state index contributed by atoms with van der Waals surface area (Å²) in [6, 6.07) is 0. The molecule has 0 fully saturated rings. The van der Waals surface area contributed by atoms with Gasteiger partial charge in [0.15, 0.2) is 5.78 Å². The minimum absolute atomic E-state index is 0.0549. The van der Waals surface area contributed by atoms with Crippen LogP contribution in [0.25, 0.3) is 23.8 Å². The molecule has 9 N–H and O–H groups in total. The minimum atomic E-state index is -0.901. The Labute approximate surface area is 302 Å². The van der Waals surface area contributed by atoms with Crippen LogP contribution in [0, 0.1) is 27.7 Å². The maximum atomic E-state index is 14.4. The first-order valence-corrected chi connectivity index (χ1v) is 18.0. The lowest BCUT2D eigenvalue weighted by molar-refractivity contribution is -0.138. The average Bonchev–Trinajstić information content (AvgIpc) is 3.76. The second-order valence-corrected chi connectivity index (χ2v) is 13.5. The molecular weight excluding hydrogens is 660 g/mol. The summed E-state index contributed by atoms with van der Waals surface area (Å²) in [6.45, 7) is 12.5. The van der Waals surface area contributed by atoms with Gasteiger partial charge < -0.3 is 41.2 Å². The molecular formula is C40H50N6O6. The molecule has 1 amide bonds. The quantitative estimate of drug-likeness (QED) is 0.0972. The van der Waals surface area contributed by atoms with E-state index in [4.69, 9.17) is 5.73 Å². The number of aromatic nitrogens is 4. The molecule has 5 heterocycles. The average molecular weight is 711 g/mol. The second-order valence-electron chi connectivity index (χ2n) is 13.5. The SMILES string of the molecule is CCc1c2[nH]c(c1C)C(C(=O)CCNC(=O)CCN)=c1[nH]c(c(C)c1CC)=Cc1[nH]c(c(CCC(=O)O)c1C)C=c1[nH]c(c(C)c1CCC(=O)O)=C2. The van der Waals surface area contributed by atoms with Crippen LogP contribution in [0.4, 0.5) is 0 Å². The van der Waals surface area contributed by atoms with Crippen LogP contribution in [0.5, 0.6) is 0 Å². The molecule has 0 aromatic carbocycles. The van der Waals surface area contributed by atoms with E-state index >= 15 is 0 Å². The summed E-state index contributed by atoms with van der Waals surface area (Å²) >= 11 is 0. The molecule has 5 rings (SSSR count). The lowest BCUT2D eigenvalue weighted by Crippen LogP contribution is -2.29. The van der Waals surface area contributed by atoms with E-state index in [2.05, 4.69) is 39.1 Å². The third-order valence-corrected chi connectivity index (χ3v) is 10.3. The Morgan fingerprint density at radius 3 is 1.85 bits per heavy atom. The van der Waals surface area contributed by atoms with E-state index in [0.29, 0.717) is 42.3 Å². The number of ketones is 1. The molecule has 12 nitrogen and oxygen atoms in total. The van der Waals surface area contributed by atoms with E-state index in [1.54, 1.807) is 0 Å². The highest BCUT2D eigenvalue weighted by Gasteiger charge is 2.24. The molecule has 12 heteroatoms. The van der Waals surface area contributed by atoms with Gasteiger partial charge >= 0.3 is 11.9 Å². The van der Waals surface area contributed by atoms with Gasteiger partial charge in [-0.1, -0.05) is 13.8 Å². The largest absolute Gasteiger partial charge is 0.481 e. The van der Waals surface area contributed by atoms with Gasteiger partial charge in [-0.25, -0.2) is 0 Å². The Morgan fingerprint density at radius 2 is 1.21 bits per heavy atom. The normalized spacial score (nSPS) is 12.2. The van der Waals surface area contributed by atoms with E-state index in [-0.39, 0.29) is 50.5 Å². The predicted molar refractivity (Wildman–Crippen MR) is 201 cm³/mol. The van der Waals surface area contributed by atoms with Crippen LogP contribution in [-0.2, 0) is 44.9 Å². The number of amides is 1. The van der Waals surface area contributed by atoms with Crippen molar-refractivity contribution in [3.05, 3.63) is 88.7 Å². The van der Waals surface area contributed by atoms with Crippen molar-refractivity contribution >= 4 is 47.4 Å². The van der Waals surface area contributed by atoms with E-state index in [1.165, 1.54) is 0 Å². The van der Waals surface area contributed by atoms with Crippen molar-refractivity contribution in [2.24, 2.45) is 5.73 Å². The van der Waals surface area contributed by atoms with Gasteiger partial charge in [-0.15, -0.1) is 0 Å². The zero-order valence-corrected chi connectivity index (χ0v) is 30.9. The standard InChI is InChI=1S/C40H50N6O6/c1-7-24-23(6)39-38(34(47)14-16-42-35(48)13-15-41)40-25(8-2)20(3)30(45-40)17-28-21(4)26(9-11-36(49)50)32(43-28)19-33-27(10-12-37(51)52)22(5)29(44-33)18-31(24)46-39/h17-19,43-46H,7-16,41H2,1-6H3,(H,42,48)(H,49,50)(H,51,52). The molecule has 0 saturated heterocycles. The minimum Gasteiger partial charge on any atom is -0.481 e. The summed E-state index contributed by atoms with van der Waals surface area (Å²) in [5, 5.41) is 25.1. The van der Waals surface area contributed by atoms with Gasteiger partial charge in [-0.05, 0) is 116 Å². The van der Waals surface area contributed by atoms with Gasteiger partial charge in [0.05, 0.1) is 16.6 Å². The molecule has 4 aromatic rings. The van der Waals surface area contributed by atoms with Crippen LogP contribution in [0.15, 0.2) is 0 Å². The van der Waals surface area contributed by atoms with Crippen LogP contribution in [0.2, 0.25) is 0 Å². The Kier molecular flexibility index (Phi) is 11.6. The Morgan fingerprint density at radius 1 is 0.635 bits per heavy atom. The second kappa shape index (κ2) is 15.9. The zero-order valence-electron chi connectivity index (χ0n) is 30.9. The lowest BCUT2D eigenvalue weighted by atomic mass is 9.97. The van der Waals surface area contributed by atoms with E-state index < -0.39 is 11.9 Å². The fraction of sp³-hybridized carbons (Fsp3) is 0.400. The summed E-state index contributed by atoms with van der Waals surface area (Å²) < 4.78 is 0. The highest BCUT2D eigenvalue weighted by Crippen LogP contribution is 2.27. The molecule has 0 aliphatic carbocycles. The Bertz CT molecular complexity index is 2310. The molecule has 52 heavy (non-hydrogen) atoms. The van der Waals surface area contributed by atoms with Crippen molar-refractivity contribution < 1.29 is 29.4 Å². The number of fused-ring (bicyclic) bond motifs is 8. The Hall–Kier alpha value is -5.36. The van der Waals surface area contributed by atoms with E-state index in [0.717, 1.165) is 77.6 Å². The number of carbonyl (C=O) groups is 4. The number of Topliss-reactive ketones (excluding diaryl/α,β-unsaturated/α-hetero) is 1. The van der Waals surface area contributed by atoms with E-state index in [1.807, 2.05) is 45.9 Å². The summed E-state index contributed by atoms with van der Waals surface area (Å²) in [4.78, 5) is 64.3. The molecule has 0 unspecified atom stereocenters. The number of hydrogen-bond donors (Lipinski definition) is 8. The van der Waals surface area contributed by atoms with Crippen LogP contribution in [0.1, 0.15) is 107 Å². The fourth-order valence-corrected chi connectivity index (χ4v) is 7.44. The van der Waals surface area contributed by atoms with Gasteiger partial charge in [0.25, 0.3) is 0 Å². The molecule has 1 aliphatic heterocycles. The van der Waals surface area contributed by atoms with Crippen molar-refractivity contribution in [3.8, 4) is 0 Å². The molecule has 8 bridgehead atoms. The number of hydrogen-bond acceptors (Lipinski definition) is 5. The van der Waals surface area contributed by atoms with Crippen molar-refractivity contribution in [1.29, 1.82) is 0 Å². The predicted octanol–water partition coefficient (Wildman–Crippen LogP) is 1.81. The monoisotopic (exact) mass is 710 g/mol. The smallest absolute Gasteiger partial charge is 0.303 e. The highest BCUT2D eigenvalue weighted by atomic mass is 16.4. The van der Waals surface area contributed by atoms with Crippen molar-refractivity contribution in [3.63, 3.8) is 0 Å². The number of rotatable bonds is 14. The summed E-state index contributed by atoms with van der Waals surface area (Å²) in [5.41, 5.74) is 16.6. The molecule has 1 aliphatic rings. The maximum Gasteiger partial charge on any atom is 0.303 e. The molecule has 0 saturated carbocycles. The first-order chi connectivity index (χ1) is 24.8. The number of aromatic amines is 4. The molecule has 4 aromatic heterocycles. The number of carbonyl (C=O) groups excluding carboxylic acids is 2. The number of carboxylic acid groups (broad SMARTS) is 2. The first kappa shape index (κ1) is 37.9. The summed E-state index contributed by atoms with van der Waals surface area (Å²) in [7, 11) is 0. The van der Waals surface area contributed by atoms with Gasteiger partial charge in [-0.2, -0.15) is 0 Å². The van der Waals surface area contributed by atoms with Crippen LogP contribution in [0.3, 0.4) is 0 Å². The highest BCUT2D eigenvalue weighted by molar-refractivity contribution is 6.20. The van der Waals surface area contributed by atoms with Gasteiger partial charge in [-0.3, -0.25) is 19.2 Å². The van der Waals surface area contributed by atoms with Crippen LogP contribution >= 0.6 is 0 Å². The molecule has 0 atom stereocenters. The number of aliphatic carboxylic acids is 2. The first-order valence-electron chi connectivity index (χ1n) is 18.0. The number of nitrogens with one attached hydrogen (secondary N) is 5. The Balaban J connectivity index is 1.90. The van der Waals surface area contributed by atoms with E-state index in [9.17, 15) is 29.4 Å². The molecule has 276 valence electrons. The zero-order chi connectivity index (χ0) is 37.9. The lowest BCUT2D eigenvalue weighted by Gasteiger charge is -2.09. The van der Waals surface area contributed by atoms with Crippen molar-refractivity contribution in [2.45, 2.75) is 92.9 Å². The summed E-state index contributed by atoms with van der Waals surface area (Å²) in [6.07, 6.45) is 8.09. The number of carboxylic acids is 2. The number of H-pyrrole nitrogens is 4. The fourth-order valence-electron chi connectivity index (χ4n) is 7.44. The molecule has 0 spiro atoms. The van der Waals surface area contributed by atoms with Crippen molar-refractivity contribution in [1.82, 2.24) is 25.3 Å². The third kappa shape index (κ3) is 7.62. The van der Waals surface area contributed by atoms with Gasteiger partial charge in [0.2, 0.25) is 5.91 Å². The van der Waals surface area contributed by atoms with Gasteiger partial charge in [0, 0.05) is 71.9 Å².